The quantitative estimate of drug-likeness (QED) is 0.629. The first-order valence-corrected chi connectivity index (χ1v) is 8.52. The van der Waals surface area contributed by atoms with Crippen LogP contribution in [0.5, 0.6) is 0 Å². The lowest BCUT2D eigenvalue weighted by Crippen LogP contribution is -2.28. The van der Waals surface area contributed by atoms with Crippen LogP contribution in [0.1, 0.15) is 21.5 Å². The molecule has 5 nitrogen and oxygen atoms in total. The standard InChI is InChI=1S/C20H16ClFN2O3/c21-14-5-3-12(4-6-14)10-24-20(27)16-11-23-18-15(19(16)26)8-13(2-1-7-25)9-17(18)22/h1-6,8-9,11,25H,7,10H2,(H,23,26)(H,24,27). The summed E-state index contributed by atoms with van der Waals surface area (Å²) in [5.41, 5.74) is 0.579. The Morgan fingerprint density at radius 3 is 2.70 bits per heavy atom. The average Bonchev–Trinajstić information content (AvgIpc) is 2.66. The molecule has 27 heavy (non-hydrogen) atoms. The lowest BCUT2D eigenvalue weighted by molar-refractivity contribution is 0.0949. The number of carbonyl (C=O) groups is 1. The van der Waals surface area contributed by atoms with Gasteiger partial charge in [-0.25, -0.2) is 4.39 Å². The number of rotatable bonds is 5. The van der Waals surface area contributed by atoms with E-state index in [1.807, 2.05) is 0 Å². The Morgan fingerprint density at radius 1 is 1.26 bits per heavy atom. The van der Waals surface area contributed by atoms with Crippen molar-refractivity contribution in [1.29, 1.82) is 0 Å². The number of aliphatic hydroxyl groups is 1. The van der Waals surface area contributed by atoms with Gasteiger partial charge in [-0.15, -0.1) is 0 Å². The van der Waals surface area contributed by atoms with Gasteiger partial charge in [-0.3, -0.25) is 9.59 Å². The van der Waals surface area contributed by atoms with Gasteiger partial charge in [0.05, 0.1) is 12.1 Å². The third kappa shape index (κ3) is 4.24. The van der Waals surface area contributed by atoms with Crippen molar-refractivity contribution in [2.45, 2.75) is 6.54 Å². The molecule has 0 aliphatic rings. The zero-order chi connectivity index (χ0) is 19.4. The molecule has 138 valence electrons. The number of nitrogens with one attached hydrogen (secondary N) is 2. The van der Waals surface area contributed by atoms with Crippen LogP contribution in [0.3, 0.4) is 0 Å². The highest BCUT2D eigenvalue weighted by Crippen LogP contribution is 2.17. The zero-order valence-electron chi connectivity index (χ0n) is 14.1. The molecule has 0 fully saturated rings. The Morgan fingerprint density at radius 2 is 2.00 bits per heavy atom. The van der Waals surface area contributed by atoms with Gasteiger partial charge < -0.3 is 15.4 Å². The summed E-state index contributed by atoms with van der Waals surface area (Å²) in [5.74, 6) is -1.18. The summed E-state index contributed by atoms with van der Waals surface area (Å²) in [6.07, 6.45) is 4.13. The van der Waals surface area contributed by atoms with Gasteiger partial charge in [-0.1, -0.05) is 35.9 Å². The number of halogens is 2. The highest BCUT2D eigenvalue weighted by molar-refractivity contribution is 6.30. The molecule has 1 amide bonds. The third-order valence-corrected chi connectivity index (χ3v) is 4.24. The average molecular weight is 387 g/mol. The summed E-state index contributed by atoms with van der Waals surface area (Å²) < 4.78 is 14.2. The molecule has 0 unspecified atom stereocenters. The lowest BCUT2D eigenvalue weighted by Gasteiger charge is -2.07. The number of carbonyl (C=O) groups excluding carboxylic acids is 1. The van der Waals surface area contributed by atoms with Crippen LogP contribution in [0.4, 0.5) is 4.39 Å². The molecule has 0 saturated heterocycles. The van der Waals surface area contributed by atoms with Crippen molar-refractivity contribution < 1.29 is 14.3 Å². The SMILES string of the molecule is O=C(NCc1ccc(Cl)cc1)c1c[nH]c2c(F)cc(C=CCO)cc2c1=O. The Hall–Kier alpha value is -2.96. The number of benzene rings is 2. The fourth-order valence-electron chi connectivity index (χ4n) is 2.64. The fourth-order valence-corrected chi connectivity index (χ4v) is 2.77. The molecule has 1 heterocycles. The van der Waals surface area contributed by atoms with E-state index in [4.69, 9.17) is 16.7 Å². The van der Waals surface area contributed by atoms with Crippen LogP contribution < -0.4 is 10.7 Å². The molecule has 1 aromatic heterocycles. The van der Waals surface area contributed by atoms with Crippen molar-refractivity contribution in [3.63, 3.8) is 0 Å². The first kappa shape index (κ1) is 18.8. The van der Waals surface area contributed by atoms with Crippen LogP contribution in [-0.4, -0.2) is 22.6 Å². The van der Waals surface area contributed by atoms with E-state index in [1.165, 1.54) is 30.5 Å². The van der Waals surface area contributed by atoms with Crippen molar-refractivity contribution >= 4 is 34.5 Å². The molecule has 2 aromatic carbocycles. The number of H-pyrrole nitrogens is 1. The van der Waals surface area contributed by atoms with Crippen LogP contribution in [-0.2, 0) is 6.54 Å². The number of hydrogen-bond donors (Lipinski definition) is 3. The minimum absolute atomic E-state index is 0.0235. The second-order valence-electron chi connectivity index (χ2n) is 5.85. The van der Waals surface area contributed by atoms with Crippen molar-refractivity contribution in [3.05, 3.63) is 86.4 Å². The van der Waals surface area contributed by atoms with Gasteiger partial charge in [0, 0.05) is 23.2 Å². The second-order valence-corrected chi connectivity index (χ2v) is 6.29. The molecular formula is C20H16ClFN2O3. The van der Waals surface area contributed by atoms with Crippen molar-refractivity contribution in [3.8, 4) is 0 Å². The van der Waals surface area contributed by atoms with Crippen LogP contribution in [0, 0.1) is 5.82 Å². The van der Waals surface area contributed by atoms with Gasteiger partial charge in [0.15, 0.2) is 0 Å². The fraction of sp³-hybridized carbons (Fsp3) is 0.100. The van der Waals surface area contributed by atoms with E-state index < -0.39 is 17.2 Å². The summed E-state index contributed by atoms with van der Waals surface area (Å²) >= 11 is 5.82. The molecule has 3 aromatic rings. The number of aromatic amines is 1. The second kappa shape index (κ2) is 8.16. The highest BCUT2D eigenvalue weighted by Gasteiger charge is 2.15. The van der Waals surface area contributed by atoms with Gasteiger partial charge in [0.2, 0.25) is 5.43 Å². The van der Waals surface area contributed by atoms with Crippen LogP contribution in [0.25, 0.3) is 17.0 Å². The third-order valence-electron chi connectivity index (χ3n) is 3.99. The maximum Gasteiger partial charge on any atom is 0.257 e. The van der Waals surface area contributed by atoms with Gasteiger partial charge in [0.25, 0.3) is 5.91 Å². The van der Waals surface area contributed by atoms with E-state index in [1.54, 1.807) is 24.3 Å². The number of aromatic nitrogens is 1. The number of fused-ring (bicyclic) bond motifs is 1. The summed E-state index contributed by atoms with van der Waals surface area (Å²) in [7, 11) is 0. The highest BCUT2D eigenvalue weighted by atomic mass is 35.5. The minimum Gasteiger partial charge on any atom is -0.392 e. The van der Waals surface area contributed by atoms with Crippen molar-refractivity contribution in [2.24, 2.45) is 0 Å². The zero-order valence-corrected chi connectivity index (χ0v) is 14.9. The monoisotopic (exact) mass is 386 g/mol. The molecule has 0 saturated carbocycles. The van der Waals surface area contributed by atoms with Gasteiger partial charge in [0.1, 0.15) is 11.4 Å². The Balaban J connectivity index is 1.90. The van der Waals surface area contributed by atoms with Crippen molar-refractivity contribution in [2.75, 3.05) is 6.61 Å². The number of pyridine rings is 1. The maximum absolute atomic E-state index is 14.2. The smallest absolute Gasteiger partial charge is 0.257 e. The van der Waals surface area contributed by atoms with E-state index in [0.717, 1.165) is 5.56 Å². The lowest BCUT2D eigenvalue weighted by atomic mass is 10.1. The Labute approximate surface area is 159 Å². The predicted molar refractivity (Wildman–Crippen MR) is 103 cm³/mol. The molecular weight excluding hydrogens is 371 g/mol. The molecule has 3 rings (SSSR count). The molecule has 0 bridgehead atoms. The summed E-state index contributed by atoms with van der Waals surface area (Å²) in [5, 5.41) is 12.2. The van der Waals surface area contributed by atoms with Gasteiger partial charge in [-0.2, -0.15) is 0 Å². The maximum atomic E-state index is 14.2. The molecule has 0 aliphatic heterocycles. The van der Waals surface area contributed by atoms with Crippen LogP contribution >= 0.6 is 11.6 Å². The van der Waals surface area contributed by atoms with Gasteiger partial charge in [-0.05, 0) is 35.4 Å². The summed E-state index contributed by atoms with van der Waals surface area (Å²) in [4.78, 5) is 27.7. The van der Waals surface area contributed by atoms with E-state index >= 15 is 0 Å². The molecule has 0 atom stereocenters. The van der Waals surface area contributed by atoms with E-state index in [0.29, 0.717) is 10.6 Å². The van der Waals surface area contributed by atoms with Crippen molar-refractivity contribution in [1.82, 2.24) is 10.3 Å². The van der Waals surface area contributed by atoms with E-state index in [9.17, 15) is 14.0 Å². The predicted octanol–water partition coefficient (Wildman–Crippen LogP) is 3.26. The molecule has 0 aliphatic carbocycles. The normalized spacial score (nSPS) is 11.2. The molecule has 0 spiro atoms. The molecule has 7 heteroatoms. The van der Waals surface area contributed by atoms with Crippen LogP contribution in [0.15, 0.2) is 53.5 Å². The summed E-state index contributed by atoms with van der Waals surface area (Å²) in [6.45, 7) is 0.0181. The molecule has 0 radical (unpaired) electrons. The first-order valence-electron chi connectivity index (χ1n) is 8.14. The largest absolute Gasteiger partial charge is 0.392 e. The number of aliphatic hydroxyl groups excluding tert-OH is 1. The number of hydrogen-bond acceptors (Lipinski definition) is 3. The summed E-state index contributed by atoms with van der Waals surface area (Å²) in [6, 6.07) is 9.65. The number of amides is 1. The van der Waals surface area contributed by atoms with Crippen LogP contribution in [0.2, 0.25) is 5.02 Å². The van der Waals surface area contributed by atoms with E-state index in [-0.39, 0.29) is 29.6 Å². The Bertz CT molecular complexity index is 1080. The minimum atomic E-state index is -0.615. The first-order chi connectivity index (χ1) is 13.0. The Kier molecular flexibility index (Phi) is 5.69. The topological polar surface area (TPSA) is 82.2 Å². The van der Waals surface area contributed by atoms with Gasteiger partial charge >= 0.3 is 0 Å². The van der Waals surface area contributed by atoms with E-state index in [2.05, 4.69) is 10.3 Å². The molecule has 3 N–H and O–H groups in total.